The normalized spacial score (nSPS) is 11.7. The predicted molar refractivity (Wildman–Crippen MR) is 88.9 cm³/mol. The molecule has 22 heavy (non-hydrogen) atoms. The second-order valence-corrected chi connectivity index (χ2v) is 6.79. The van der Waals surface area contributed by atoms with Gasteiger partial charge in [-0.1, -0.05) is 35.2 Å². The van der Waals surface area contributed by atoms with E-state index < -0.39 is 0 Å². The molecule has 8 heteroatoms. The molecule has 0 aliphatic rings. The Kier molecular flexibility index (Phi) is 3.27. The average molecular weight is 331 g/mol. The van der Waals surface area contributed by atoms with Crippen LogP contribution in [0.4, 0.5) is 0 Å². The topological polar surface area (TPSA) is 68.0 Å². The molecular formula is C14H13N5OS2. The fourth-order valence-electron chi connectivity index (χ4n) is 2.44. The predicted octanol–water partition coefficient (Wildman–Crippen LogP) is 2.53. The van der Waals surface area contributed by atoms with E-state index in [0.29, 0.717) is 6.54 Å². The van der Waals surface area contributed by atoms with Crippen molar-refractivity contribution in [3.8, 4) is 0 Å². The molecule has 0 amide bonds. The van der Waals surface area contributed by atoms with Crippen LogP contribution in [0.15, 0.2) is 39.6 Å². The number of H-pyrrole nitrogens is 1. The number of benzene rings is 1. The van der Waals surface area contributed by atoms with Crippen LogP contribution in [0.5, 0.6) is 0 Å². The second kappa shape index (κ2) is 5.29. The lowest BCUT2D eigenvalue weighted by atomic mass is 10.3. The molecule has 0 aliphatic carbocycles. The minimum Gasteiger partial charge on any atom is -0.303 e. The molecule has 0 spiro atoms. The molecule has 3 heterocycles. The van der Waals surface area contributed by atoms with Gasteiger partial charge in [0, 0.05) is 23.4 Å². The number of thioether (sulfide) groups is 1. The standard InChI is InChI=1S/C14H13N5OS2/c1-9-8-22-14(20)18(9)6-7-21-13-17-16-12-15-10-4-2-3-5-11(10)19(12)13/h2-5,8H,6-7H2,1H3,(H,15,16). The summed E-state index contributed by atoms with van der Waals surface area (Å²) < 4.78 is 3.82. The summed E-state index contributed by atoms with van der Waals surface area (Å²) in [5, 5.41) is 10.0. The highest BCUT2D eigenvalue weighted by molar-refractivity contribution is 7.99. The Labute approximate surface area is 133 Å². The largest absolute Gasteiger partial charge is 0.307 e. The van der Waals surface area contributed by atoms with Crippen molar-refractivity contribution in [1.29, 1.82) is 0 Å². The van der Waals surface area contributed by atoms with Crippen molar-refractivity contribution in [3.63, 3.8) is 0 Å². The summed E-state index contributed by atoms with van der Waals surface area (Å²) in [6.07, 6.45) is 0. The number of nitrogens with zero attached hydrogens (tertiary/aromatic N) is 4. The lowest BCUT2D eigenvalue weighted by Gasteiger charge is -2.03. The van der Waals surface area contributed by atoms with Crippen molar-refractivity contribution in [1.82, 2.24) is 24.1 Å². The lowest BCUT2D eigenvalue weighted by molar-refractivity contribution is 0.729. The number of rotatable bonds is 4. The van der Waals surface area contributed by atoms with Crippen LogP contribution >= 0.6 is 23.1 Å². The van der Waals surface area contributed by atoms with E-state index in [-0.39, 0.29) is 4.87 Å². The summed E-state index contributed by atoms with van der Waals surface area (Å²) in [5.41, 5.74) is 3.00. The van der Waals surface area contributed by atoms with Crippen molar-refractivity contribution in [2.24, 2.45) is 0 Å². The van der Waals surface area contributed by atoms with Gasteiger partial charge in [-0.25, -0.2) is 10.1 Å². The van der Waals surface area contributed by atoms with Crippen LogP contribution in [0, 0.1) is 6.92 Å². The molecule has 4 rings (SSSR count). The maximum Gasteiger partial charge on any atom is 0.307 e. The van der Waals surface area contributed by atoms with Gasteiger partial charge in [0.1, 0.15) is 0 Å². The Morgan fingerprint density at radius 1 is 1.36 bits per heavy atom. The number of fused-ring (bicyclic) bond motifs is 3. The first kappa shape index (κ1) is 13.6. The molecule has 4 aromatic rings. The van der Waals surface area contributed by atoms with Gasteiger partial charge >= 0.3 is 4.87 Å². The SMILES string of the molecule is Cc1csc(=O)n1CCSc1n[nH]c2nc3ccccc3n12. The van der Waals surface area contributed by atoms with Gasteiger partial charge in [-0.15, -0.1) is 5.10 Å². The van der Waals surface area contributed by atoms with Crippen molar-refractivity contribution in [2.75, 3.05) is 5.75 Å². The zero-order chi connectivity index (χ0) is 15.1. The second-order valence-electron chi connectivity index (χ2n) is 4.91. The number of hydrogen-bond donors (Lipinski definition) is 1. The van der Waals surface area contributed by atoms with Crippen molar-refractivity contribution < 1.29 is 0 Å². The van der Waals surface area contributed by atoms with E-state index in [4.69, 9.17) is 0 Å². The Morgan fingerprint density at radius 2 is 2.23 bits per heavy atom. The number of para-hydroxylation sites is 2. The number of aryl methyl sites for hydroxylation is 1. The van der Waals surface area contributed by atoms with Crippen LogP contribution in [0.1, 0.15) is 5.69 Å². The Morgan fingerprint density at radius 3 is 3.05 bits per heavy atom. The van der Waals surface area contributed by atoms with Gasteiger partial charge in [0.05, 0.1) is 11.0 Å². The molecule has 0 aliphatic heterocycles. The Balaban J connectivity index is 1.61. The minimum atomic E-state index is 0.0957. The van der Waals surface area contributed by atoms with Crippen LogP contribution < -0.4 is 4.87 Å². The molecule has 0 unspecified atom stereocenters. The first-order valence-electron chi connectivity index (χ1n) is 6.83. The van der Waals surface area contributed by atoms with E-state index in [1.54, 1.807) is 16.3 Å². The number of nitrogens with one attached hydrogen (secondary N) is 1. The summed E-state index contributed by atoms with van der Waals surface area (Å²) in [7, 11) is 0. The number of thiazole rings is 1. The third-order valence-electron chi connectivity index (χ3n) is 3.53. The Hall–Kier alpha value is -2.06. The lowest BCUT2D eigenvalue weighted by Crippen LogP contribution is -2.15. The van der Waals surface area contributed by atoms with Gasteiger partial charge in [-0.2, -0.15) is 0 Å². The van der Waals surface area contributed by atoms with Crippen LogP contribution in [0.2, 0.25) is 0 Å². The highest BCUT2D eigenvalue weighted by Crippen LogP contribution is 2.22. The molecule has 0 bridgehead atoms. The maximum absolute atomic E-state index is 11.7. The average Bonchev–Trinajstić information content (AvgIpc) is 3.16. The molecule has 0 radical (unpaired) electrons. The first-order valence-corrected chi connectivity index (χ1v) is 8.70. The first-order chi connectivity index (χ1) is 10.7. The fraction of sp³-hybridized carbons (Fsp3) is 0.214. The van der Waals surface area contributed by atoms with Gasteiger partial charge in [0.15, 0.2) is 5.16 Å². The van der Waals surface area contributed by atoms with E-state index in [9.17, 15) is 4.79 Å². The van der Waals surface area contributed by atoms with E-state index in [1.165, 1.54) is 11.3 Å². The molecule has 0 fully saturated rings. The summed E-state index contributed by atoms with van der Waals surface area (Å²) >= 11 is 2.86. The zero-order valence-corrected chi connectivity index (χ0v) is 13.4. The molecule has 1 N–H and O–H groups in total. The molecule has 6 nitrogen and oxygen atoms in total. The highest BCUT2D eigenvalue weighted by Gasteiger charge is 2.12. The third-order valence-corrected chi connectivity index (χ3v) is 5.33. The fourth-order valence-corrected chi connectivity index (χ4v) is 4.08. The van der Waals surface area contributed by atoms with E-state index in [0.717, 1.165) is 33.4 Å². The van der Waals surface area contributed by atoms with Crippen molar-refractivity contribution in [3.05, 3.63) is 45.0 Å². The van der Waals surface area contributed by atoms with Crippen molar-refractivity contribution >= 4 is 39.9 Å². The minimum absolute atomic E-state index is 0.0957. The smallest absolute Gasteiger partial charge is 0.303 e. The number of aromatic amines is 1. The van der Waals surface area contributed by atoms with Crippen LogP contribution in [-0.2, 0) is 6.54 Å². The molecule has 0 saturated heterocycles. The molecule has 3 aromatic heterocycles. The van der Waals surface area contributed by atoms with Gasteiger partial charge in [-0.05, 0) is 19.1 Å². The quantitative estimate of drug-likeness (QED) is 0.584. The van der Waals surface area contributed by atoms with Gasteiger partial charge in [-0.3, -0.25) is 9.20 Å². The number of hydrogen-bond acceptors (Lipinski definition) is 5. The third kappa shape index (κ3) is 2.15. The van der Waals surface area contributed by atoms with Crippen LogP contribution in [-0.4, -0.2) is 29.9 Å². The molecule has 0 atom stereocenters. The Bertz CT molecular complexity index is 1010. The van der Waals surface area contributed by atoms with E-state index >= 15 is 0 Å². The van der Waals surface area contributed by atoms with Crippen LogP contribution in [0.25, 0.3) is 16.8 Å². The van der Waals surface area contributed by atoms with E-state index in [2.05, 4.69) is 15.2 Å². The van der Waals surface area contributed by atoms with E-state index in [1.807, 2.05) is 41.0 Å². The monoisotopic (exact) mass is 331 g/mol. The summed E-state index contributed by atoms with van der Waals surface area (Å²) in [4.78, 5) is 16.3. The van der Waals surface area contributed by atoms with Gasteiger partial charge in [0.2, 0.25) is 5.78 Å². The molecule has 0 saturated carbocycles. The van der Waals surface area contributed by atoms with Crippen molar-refractivity contribution in [2.45, 2.75) is 18.6 Å². The van der Waals surface area contributed by atoms with Gasteiger partial charge in [0.25, 0.3) is 0 Å². The molecular weight excluding hydrogens is 318 g/mol. The highest BCUT2D eigenvalue weighted by atomic mass is 32.2. The summed E-state index contributed by atoms with van der Waals surface area (Å²) in [5.74, 6) is 1.52. The molecule has 1 aromatic carbocycles. The summed E-state index contributed by atoms with van der Waals surface area (Å²) in [6.45, 7) is 2.64. The number of aromatic nitrogens is 5. The zero-order valence-electron chi connectivity index (χ0n) is 11.8. The number of imidazole rings is 1. The molecule has 112 valence electrons. The maximum atomic E-state index is 11.7. The summed E-state index contributed by atoms with van der Waals surface area (Å²) in [6, 6.07) is 7.98. The van der Waals surface area contributed by atoms with Crippen LogP contribution in [0.3, 0.4) is 0 Å². The van der Waals surface area contributed by atoms with Gasteiger partial charge < -0.3 is 4.57 Å².